The largest absolute Gasteiger partial charge is 0.497 e. The molecule has 1 fully saturated rings. The molecule has 5 rings (SSSR count). The summed E-state index contributed by atoms with van der Waals surface area (Å²) in [4.78, 5) is 18.6. The molecule has 0 saturated carbocycles. The summed E-state index contributed by atoms with van der Waals surface area (Å²) < 4.78 is 30.8. The SMILES string of the molecule is COc1ccc(/C=C2/CCc3c2nc2ccccc2c3C(=O)NC2CCCN(S(C)(=O)=O)C2)cc1. The Balaban J connectivity index is 1.50. The van der Waals surface area contributed by atoms with E-state index in [0.717, 1.165) is 64.7 Å². The Labute approximate surface area is 205 Å². The van der Waals surface area contributed by atoms with Crippen molar-refractivity contribution in [1.82, 2.24) is 14.6 Å². The third kappa shape index (κ3) is 4.81. The van der Waals surface area contributed by atoms with Gasteiger partial charge in [-0.1, -0.05) is 30.3 Å². The zero-order chi connectivity index (χ0) is 24.6. The van der Waals surface area contributed by atoms with Crippen LogP contribution >= 0.6 is 0 Å². The lowest BCUT2D eigenvalue weighted by Gasteiger charge is -2.31. The molecule has 1 N–H and O–H groups in total. The fraction of sp³-hybridized carbons (Fsp3) is 0.333. The molecule has 2 heterocycles. The summed E-state index contributed by atoms with van der Waals surface area (Å²) in [5.74, 6) is 0.644. The molecule has 0 spiro atoms. The summed E-state index contributed by atoms with van der Waals surface area (Å²) in [6.45, 7) is 0.802. The Bertz CT molecular complexity index is 1410. The van der Waals surface area contributed by atoms with Crippen molar-refractivity contribution in [2.45, 2.75) is 31.7 Å². The molecule has 182 valence electrons. The van der Waals surface area contributed by atoms with Crippen molar-refractivity contribution in [3.8, 4) is 5.75 Å². The number of hydrogen-bond acceptors (Lipinski definition) is 5. The number of nitrogens with one attached hydrogen (secondary N) is 1. The van der Waals surface area contributed by atoms with Gasteiger partial charge in [-0.3, -0.25) is 4.79 Å². The monoisotopic (exact) mass is 491 g/mol. The number of hydrogen-bond donors (Lipinski definition) is 1. The van der Waals surface area contributed by atoms with E-state index in [1.807, 2.05) is 48.5 Å². The first-order chi connectivity index (χ1) is 16.8. The number of allylic oxidation sites excluding steroid dienone is 1. The molecule has 1 aliphatic carbocycles. The first-order valence-electron chi connectivity index (χ1n) is 11.9. The standard InChI is InChI=1S/C27H29N3O4S/c1-34-21-12-9-18(10-13-21)16-19-11-14-23-25(22-7-3-4-8-24(22)29-26(19)23)27(31)28-20-6-5-15-30(17-20)35(2,32)33/h3-4,7-10,12-13,16,20H,5-6,11,14-15,17H2,1-2H3,(H,28,31)/b19-16-. The number of rotatable bonds is 5. The van der Waals surface area contributed by atoms with Gasteiger partial charge < -0.3 is 10.1 Å². The first-order valence-corrected chi connectivity index (χ1v) is 13.7. The summed E-state index contributed by atoms with van der Waals surface area (Å²) in [5.41, 5.74) is 5.41. The van der Waals surface area contributed by atoms with Gasteiger partial charge in [-0.05, 0) is 66.7 Å². The van der Waals surface area contributed by atoms with Crippen molar-refractivity contribution in [2.75, 3.05) is 26.5 Å². The lowest BCUT2D eigenvalue weighted by Crippen LogP contribution is -2.49. The van der Waals surface area contributed by atoms with Crippen molar-refractivity contribution in [3.63, 3.8) is 0 Å². The Kier molecular flexibility index (Phi) is 6.34. The minimum atomic E-state index is -3.29. The van der Waals surface area contributed by atoms with Crippen LogP contribution in [0.1, 0.15) is 46.4 Å². The minimum absolute atomic E-state index is 0.161. The first kappa shape index (κ1) is 23.5. The van der Waals surface area contributed by atoms with Crippen molar-refractivity contribution in [3.05, 3.63) is 70.9 Å². The van der Waals surface area contributed by atoms with E-state index in [-0.39, 0.29) is 11.9 Å². The van der Waals surface area contributed by atoms with E-state index in [2.05, 4.69) is 11.4 Å². The molecule has 1 aliphatic heterocycles. The second-order valence-corrected chi connectivity index (χ2v) is 11.2. The molecular formula is C27H29N3O4S. The van der Waals surface area contributed by atoms with Gasteiger partial charge in [-0.15, -0.1) is 0 Å². The maximum absolute atomic E-state index is 13.6. The summed E-state index contributed by atoms with van der Waals surface area (Å²) in [6, 6.07) is 15.4. The van der Waals surface area contributed by atoms with Gasteiger partial charge in [0, 0.05) is 24.5 Å². The second kappa shape index (κ2) is 9.43. The van der Waals surface area contributed by atoms with Gasteiger partial charge in [0.1, 0.15) is 5.75 Å². The number of sulfonamides is 1. The van der Waals surface area contributed by atoms with Crippen molar-refractivity contribution in [1.29, 1.82) is 0 Å². The van der Waals surface area contributed by atoms with Crippen LogP contribution in [0.25, 0.3) is 22.6 Å². The molecule has 1 saturated heterocycles. The number of nitrogens with zero attached hydrogens (tertiary/aromatic N) is 2. The summed E-state index contributed by atoms with van der Waals surface area (Å²) in [6.07, 6.45) is 6.36. The lowest BCUT2D eigenvalue weighted by molar-refractivity contribution is 0.0922. The van der Waals surface area contributed by atoms with Gasteiger partial charge in [-0.2, -0.15) is 0 Å². The molecule has 8 heteroatoms. The molecule has 2 aromatic carbocycles. The minimum Gasteiger partial charge on any atom is -0.497 e. The highest BCUT2D eigenvalue weighted by molar-refractivity contribution is 7.88. The molecule has 2 aliphatic rings. The highest BCUT2D eigenvalue weighted by Crippen LogP contribution is 2.37. The number of ether oxygens (including phenoxy) is 1. The van der Waals surface area contributed by atoms with Crippen LogP contribution < -0.4 is 10.1 Å². The molecule has 1 amide bonds. The molecular weight excluding hydrogens is 462 g/mol. The highest BCUT2D eigenvalue weighted by Gasteiger charge is 2.30. The summed E-state index contributed by atoms with van der Waals surface area (Å²) >= 11 is 0. The Morgan fingerprint density at radius 1 is 1.14 bits per heavy atom. The van der Waals surface area contributed by atoms with E-state index in [9.17, 15) is 13.2 Å². The van der Waals surface area contributed by atoms with Crippen LogP contribution in [0.4, 0.5) is 0 Å². The molecule has 7 nitrogen and oxygen atoms in total. The van der Waals surface area contributed by atoms with Gasteiger partial charge in [0.2, 0.25) is 10.0 Å². The maximum atomic E-state index is 13.6. The zero-order valence-electron chi connectivity index (χ0n) is 20.0. The normalized spacial score (nSPS) is 19.6. The van der Waals surface area contributed by atoms with E-state index in [1.165, 1.54) is 10.6 Å². The van der Waals surface area contributed by atoms with Gasteiger partial charge in [-0.25, -0.2) is 17.7 Å². The van der Waals surface area contributed by atoms with Crippen LogP contribution in [0.2, 0.25) is 0 Å². The number of amides is 1. The number of methoxy groups -OCH3 is 1. The van der Waals surface area contributed by atoms with Crippen molar-refractivity contribution >= 4 is 38.5 Å². The topological polar surface area (TPSA) is 88.6 Å². The molecule has 3 aromatic rings. The smallest absolute Gasteiger partial charge is 0.252 e. The van der Waals surface area contributed by atoms with Gasteiger partial charge in [0.25, 0.3) is 5.91 Å². The Hall–Kier alpha value is -3.23. The van der Waals surface area contributed by atoms with Gasteiger partial charge in [0.05, 0.1) is 30.1 Å². The Morgan fingerprint density at radius 2 is 1.91 bits per heavy atom. The van der Waals surface area contributed by atoms with E-state index in [0.29, 0.717) is 18.7 Å². The average molecular weight is 492 g/mol. The van der Waals surface area contributed by atoms with E-state index < -0.39 is 10.0 Å². The average Bonchev–Trinajstić information content (AvgIpc) is 3.24. The van der Waals surface area contributed by atoms with Crippen LogP contribution in [-0.4, -0.2) is 56.1 Å². The van der Waals surface area contributed by atoms with Crippen molar-refractivity contribution < 1.29 is 17.9 Å². The van der Waals surface area contributed by atoms with Gasteiger partial charge >= 0.3 is 0 Å². The van der Waals surface area contributed by atoms with Crippen LogP contribution in [0.3, 0.4) is 0 Å². The lowest BCUT2D eigenvalue weighted by atomic mass is 9.99. The fourth-order valence-corrected chi connectivity index (χ4v) is 5.97. The van der Waals surface area contributed by atoms with E-state index in [4.69, 9.17) is 9.72 Å². The molecule has 0 bridgehead atoms. The number of benzene rings is 2. The number of piperidine rings is 1. The summed E-state index contributed by atoms with van der Waals surface area (Å²) in [5, 5.41) is 3.95. The van der Waals surface area contributed by atoms with Gasteiger partial charge in [0.15, 0.2) is 0 Å². The number of carbonyl (C=O) groups is 1. The van der Waals surface area contributed by atoms with Crippen molar-refractivity contribution in [2.24, 2.45) is 0 Å². The second-order valence-electron chi connectivity index (χ2n) is 9.21. The predicted molar refractivity (Wildman–Crippen MR) is 138 cm³/mol. The molecule has 1 atom stereocenters. The molecule has 1 unspecified atom stereocenters. The molecule has 0 radical (unpaired) electrons. The number of aromatic nitrogens is 1. The van der Waals surface area contributed by atoms with E-state index >= 15 is 0 Å². The number of fused-ring (bicyclic) bond motifs is 2. The Morgan fingerprint density at radius 3 is 2.66 bits per heavy atom. The summed E-state index contributed by atoms with van der Waals surface area (Å²) in [7, 11) is -1.64. The van der Waals surface area contributed by atoms with Crippen LogP contribution in [0, 0.1) is 0 Å². The van der Waals surface area contributed by atoms with E-state index in [1.54, 1.807) is 7.11 Å². The fourth-order valence-electron chi connectivity index (χ4n) is 5.06. The highest BCUT2D eigenvalue weighted by atomic mass is 32.2. The third-order valence-corrected chi connectivity index (χ3v) is 8.08. The number of pyridine rings is 1. The number of carbonyl (C=O) groups excluding carboxylic acids is 1. The third-order valence-electron chi connectivity index (χ3n) is 6.81. The predicted octanol–water partition coefficient (Wildman–Crippen LogP) is 3.88. The number of para-hydroxylation sites is 1. The van der Waals surface area contributed by atoms with Crippen LogP contribution in [-0.2, 0) is 16.4 Å². The van der Waals surface area contributed by atoms with Crippen LogP contribution in [0.5, 0.6) is 5.75 Å². The van der Waals surface area contributed by atoms with Crippen LogP contribution in [0.15, 0.2) is 48.5 Å². The maximum Gasteiger partial charge on any atom is 0.252 e. The molecule has 1 aromatic heterocycles. The quantitative estimate of drug-likeness (QED) is 0.585. The molecule has 35 heavy (non-hydrogen) atoms. The zero-order valence-corrected chi connectivity index (χ0v) is 20.8.